The van der Waals surface area contributed by atoms with Gasteiger partial charge in [-0.1, -0.05) is 92.4 Å². The fourth-order valence-electron chi connectivity index (χ4n) is 6.70. The molecule has 9 rings (SSSR count). The Morgan fingerprint density at radius 2 is 1.13 bits per heavy atom. The molecule has 0 saturated carbocycles. The second kappa shape index (κ2) is 18.9. The van der Waals surface area contributed by atoms with Gasteiger partial charge in [0.05, 0.1) is 6.95 Å². The fraction of sp³-hybridized carbons (Fsp3) is 0.196. The van der Waals surface area contributed by atoms with Crippen LogP contribution in [0.15, 0.2) is 150 Å². The Bertz CT molecular complexity index is 3520. The average Bonchev–Trinajstić information content (AvgIpc) is 3.84. The Morgan fingerprint density at radius 1 is 0.565 bits per heavy atom. The van der Waals surface area contributed by atoms with Crippen LogP contribution in [-0.4, -0.2) is 15.0 Å². The number of para-hydroxylation sites is 1. The van der Waals surface area contributed by atoms with E-state index in [-0.39, 0.29) is 59.2 Å². The summed E-state index contributed by atoms with van der Waals surface area (Å²) >= 11 is 0. The largest absolute Gasteiger partial charge is 3.00 e. The van der Waals surface area contributed by atoms with Crippen molar-refractivity contribution < 1.29 is 49.5 Å². The van der Waals surface area contributed by atoms with Crippen LogP contribution in [-0.2, 0) is 64.7 Å². The summed E-state index contributed by atoms with van der Waals surface area (Å²) in [5.74, 6) is -0.912. The maximum Gasteiger partial charge on any atom is 3.00 e. The smallest absolute Gasteiger partial charge is 0.498 e. The maximum atomic E-state index is 15.2. The molecule has 4 aromatic heterocycles. The number of hydrogen-bond donors (Lipinski definition) is 0. The molecule has 6 heteroatoms. The second-order valence-corrected chi connectivity index (χ2v) is 15.2. The SMILES string of the molecule is [2H]c1ccc2c(oc3c(-c4cc(C([2H])([2H])C(C)(C)C)c(C([2H])([2H])C([2H])([2H])c5cc(C([2H])([2H])C([2H])([2H])c6ccc(-c7[c-]cccc7)nc6)cc(C([2H])([2H])C([2H])([2H])c6ccc(-c7[c-]cccc7)nc6)c5)cn4)[c-]ccc32)c1F.[Ir+3]. The normalized spacial score (nSPS) is 16.7. The Balaban J connectivity index is 0.00000784. The van der Waals surface area contributed by atoms with Gasteiger partial charge >= 0.3 is 20.1 Å². The predicted molar refractivity (Wildman–Crippen MR) is 245 cm³/mol. The molecule has 0 atom stereocenters. The molecule has 62 heavy (non-hydrogen) atoms. The molecule has 4 heterocycles. The topological polar surface area (TPSA) is 51.8 Å². The molecule has 0 radical (unpaired) electrons. The van der Waals surface area contributed by atoms with Crippen LogP contribution in [0.2, 0.25) is 0 Å². The molecule has 0 saturated heterocycles. The number of aromatic nitrogens is 3. The van der Waals surface area contributed by atoms with E-state index in [0.717, 1.165) is 36.8 Å². The van der Waals surface area contributed by atoms with Crippen molar-refractivity contribution in [2.24, 2.45) is 5.41 Å². The zero-order valence-electron chi connectivity index (χ0n) is 48.7. The van der Waals surface area contributed by atoms with Crippen LogP contribution in [0.25, 0.3) is 55.7 Å². The number of hydrogen-bond acceptors (Lipinski definition) is 4. The molecule has 0 fully saturated rings. The zero-order valence-corrected chi connectivity index (χ0v) is 36.1. The molecule has 0 unspecified atom stereocenters. The summed E-state index contributed by atoms with van der Waals surface area (Å²) in [6.07, 6.45) is -18.4. The van der Waals surface area contributed by atoms with E-state index >= 15 is 4.39 Å². The van der Waals surface area contributed by atoms with Crippen molar-refractivity contribution in [3.05, 3.63) is 209 Å². The Labute approximate surface area is 398 Å². The third-order valence-corrected chi connectivity index (χ3v) is 9.49. The van der Waals surface area contributed by atoms with Gasteiger partial charge in [-0.25, -0.2) is 4.39 Å². The van der Waals surface area contributed by atoms with Gasteiger partial charge in [0.1, 0.15) is 0 Å². The Kier molecular flexibility index (Phi) is 8.47. The number of benzene rings is 5. The molecule has 0 spiro atoms. The maximum absolute atomic E-state index is 15.2. The van der Waals surface area contributed by atoms with Gasteiger partial charge in [-0.2, -0.15) is 0 Å². The van der Waals surface area contributed by atoms with E-state index in [1.165, 1.54) is 48.5 Å². The monoisotopic (exact) mass is 1000 g/mol. The van der Waals surface area contributed by atoms with E-state index < -0.39 is 84.1 Å². The number of fused-ring (bicyclic) bond motifs is 3. The molecule has 0 bridgehead atoms. The number of aryl methyl sites for hydroxylation is 6. The Morgan fingerprint density at radius 3 is 1.68 bits per heavy atom. The summed E-state index contributed by atoms with van der Waals surface area (Å²) in [7, 11) is 0. The Hall–Kier alpha value is -6.07. The molecule has 0 N–H and O–H groups in total. The first-order chi connectivity index (χ1) is 35.4. The molecule has 0 aliphatic rings. The van der Waals surface area contributed by atoms with Crippen LogP contribution in [0.5, 0.6) is 0 Å². The van der Waals surface area contributed by atoms with Crippen molar-refractivity contribution in [2.75, 3.05) is 0 Å². The minimum atomic E-state index is -3.39. The van der Waals surface area contributed by atoms with E-state index in [1.807, 2.05) is 0 Å². The predicted octanol–water partition coefficient (Wildman–Crippen LogP) is 13.3. The molecule has 0 aliphatic carbocycles. The van der Waals surface area contributed by atoms with Gasteiger partial charge in [-0.15, -0.1) is 90.0 Å². The van der Waals surface area contributed by atoms with E-state index in [2.05, 4.69) is 33.2 Å². The van der Waals surface area contributed by atoms with Gasteiger partial charge in [-0.05, 0) is 112 Å². The van der Waals surface area contributed by atoms with Crippen molar-refractivity contribution in [3.63, 3.8) is 0 Å². The average molecular weight is 1000 g/mol. The third-order valence-electron chi connectivity index (χ3n) is 9.49. The number of pyridine rings is 3. The molecular weight excluding hydrogens is 942 g/mol. The van der Waals surface area contributed by atoms with Crippen LogP contribution in [0.3, 0.4) is 0 Å². The quantitative estimate of drug-likeness (QED) is 0.108. The number of halogens is 1. The van der Waals surface area contributed by atoms with Gasteiger partial charge in [0.15, 0.2) is 11.4 Å². The first kappa shape index (κ1) is 27.8. The third kappa shape index (κ3) is 10.00. The van der Waals surface area contributed by atoms with E-state index in [1.54, 1.807) is 75.4 Å². The van der Waals surface area contributed by atoms with Crippen molar-refractivity contribution >= 4 is 21.9 Å². The molecular formula is C56H47FIrN3O. The van der Waals surface area contributed by atoms with Gasteiger partial charge in [0.25, 0.3) is 0 Å². The van der Waals surface area contributed by atoms with Gasteiger partial charge < -0.3 is 19.4 Å². The number of furan rings is 1. The van der Waals surface area contributed by atoms with Crippen molar-refractivity contribution in [3.8, 4) is 33.8 Å². The zero-order chi connectivity index (χ0) is 55.2. The van der Waals surface area contributed by atoms with E-state index in [4.69, 9.17) is 5.79 Å². The molecule has 0 aliphatic heterocycles. The summed E-state index contributed by atoms with van der Waals surface area (Å²) in [6.45, 7) is 4.67. The van der Waals surface area contributed by atoms with Crippen molar-refractivity contribution in [2.45, 2.75) is 65.4 Å². The minimum absolute atomic E-state index is 0. The van der Waals surface area contributed by atoms with Crippen molar-refractivity contribution in [1.82, 2.24) is 15.0 Å². The van der Waals surface area contributed by atoms with E-state index in [9.17, 15) is 19.2 Å². The minimum Gasteiger partial charge on any atom is -0.498 e. The molecule has 308 valence electrons. The van der Waals surface area contributed by atoms with Crippen LogP contribution >= 0.6 is 0 Å². The molecule has 0 amide bonds. The van der Waals surface area contributed by atoms with Gasteiger partial charge in [0.2, 0.25) is 0 Å². The number of nitrogens with zero attached hydrogens (tertiary/aromatic N) is 3. The second-order valence-electron chi connectivity index (χ2n) is 15.2. The molecule has 4 nitrogen and oxygen atoms in total. The standard InChI is InChI=1S/C56H47FN3O.Ir/c1-56(2,3)34-46-33-53(49-18-10-16-47-48-17-11-19-50(57)55(48)61-54(47)49)60-37-45(46)27-24-42-31-40(22-20-38-25-28-51(58-35-38)43-12-6-4-7-13-43)30-41(32-42)23-21-39-26-29-52(59-36-39)44-14-8-5-9-15-44;/h4-12,14,16-17,19,25-26,28-33,35-37H,20-24,27,34H2,1-3H3;/q-3;+3/i19D,20D2,21D2,22D2,23D2,24D2,27D2,34D2;. The summed E-state index contributed by atoms with van der Waals surface area (Å²) in [6, 6.07) is 37.9. The first-order valence-electron chi connectivity index (χ1n) is 27.0. The summed E-state index contributed by atoms with van der Waals surface area (Å²) in [4.78, 5) is 13.2. The van der Waals surface area contributed by atoms with Crippen LogP contribution in [0.1, 0.15) is 80.3 Å². The summed E-state index contributed by atoms with van der Waals surface area (Å²) in [5.41, 5.74) is -2.95. The van der Waals surface area contributed by atoms with Crippen LogP contribution in [0, 0.1) is 29.4 Å². The van der Waals surface area contributed by atoms with Gasteiger partial charge in [-0.3, -0.25) is 0 Å². The van der Waals surface area contributed by atoms with Crippen LogP contribution in [0.4, 0.5) is 4.39 Å². The van der Waals surface area contributed by atoms with Crippen molar-refractivity contribution in [1.29, 1.82) is 0 Å². The summed E-state index contributed by atoms with van der Waals surface area (Å²) in [5, 5.41) is 0.762. The number of rotatable bonds is 13. The fourth-order valence-corrected chi connectivity index (χ4v) is 6.70. The molecule has 9 aromatic rings. The van der Waals surface area contributed by atoms with Gasteiger partial charge in [0, 0.05) is 43.2 Å². The van der Waals surface area contributed by atoms with Crippen LogP contribution < -0.4 is 0 Å². The summed E-state index contributed by atoms with van der Waals surface area (Å²) < 4.78 is 162. The molecule has 5 aromatic carbocycles. The first-order valence-corrected chi connectivity index (χ1v) is 19.5. The van der Waals surface area contributed by atoms with E-state index in [0.29, 0.717) is 33.3 Å².